The number of rotatable bonds is 3. The lowest BCUT2D eigenvalue weighted by Crippen LogP contribution is -2.49. The van der Waals surface area contributed by atoms with E-state index < -0.39 is 0 Å². The van der Waals surface area contributed by atoms with Gasteiger partial charge >= 0.3 is 0 Å². The van der Waals surface area contributed by atoms with Crippen LogP contribution in [0.3, 0.4) is 0 Å². The lowest BCUT2D eigenvalue weighted by molar-refractivity contribution is 0.0862. The average molecular weight is 246 g/mol. The van der Waals surface area contributed by atoms with Gasteiger partial charge in [0.25, 0.3) is 0 Å². The molecule has 0 radical (unpaired) electrons. The van der Waals surface area contributed by atoms with E-state index in [9.17, 15) is 0 Å². The fraction of sp³-hybridized carbons (Fsp3) is 1.00. The molecule has 0 N–H and O–H groups in total. The second-order valence-corrected chi connectivity index (χ2v) is 5.39. The second-order valence-electron chi connectivity index (χ2n) is 4.74. The molecule has 2 aliphatic rings. The number of hydrogen-bond donors (Lipinski definition) is 0. The van der Waals surface area contributed by atoms with Crippen molar-refractivity contribution in [3.63, 3.8) is 0 Å². The SMILES string of the molecule is BrCC1CN(CC2CCCCC2)C1. The van der Waals surface area contributed by atoms with Crippen molar-refractivity contribution in [3.05, 3.63) is 0 Å². The smallest absolute Gasteiger partial charge is 0.00841 e. The topological polar surface area (TPSA) is 3.24 Å². The van der Waals surface area contributed by atoms with Crippen molar-refractivity contribution >= 4 is 15.9 Å². The first kappa shape index (κ1) is 9.97. The molecule has 13 heavy (non-hydrogen) atoms. The van der Waals surface area contributed by atoms with E-state index in [2.05, 4.69) is 20.8 Å². The van der Waals surface area contributed by atoms with E-state index in [1.807, 2.05) is 0 Å². The van der Waals surface area contributed by atoms with Gasteiger partial charge in [0.1, 0.15) is 0 Å². The van der Waals surface area contributed by atoms with Crippen molar-refractivity contribution in [3.8, 4) is 0 Å². The van der Waals surface area contributed by atoms with Gasteiger partial charge in [-0.15, -0.1) is 0 Å². The minimum atomic E-state index is 0.948. The highest BCUT2D eigenvalue weighted by Gasteiger charge is 2.27. The van der Waals surface area contributed by atoms with E-state index in [1.165, 1.54) is 57.1 Å². The van der Waals surface area contributed by atoms with Crippen molar-refractivity contribution in [2.45, 2.75) is 32.1 Å². The third-order valence-corrected chi connectivity index (χ3v) is 4.41. The van der Waals surface area contributed by atoms with Gasteiger partial charge in [-0.2, -0.15) is 0 Å². The molecule has 1 aliphatic carbocycles. The molecular formula is C11H20BrN. The van der Waals surface area contributed by atoms with Gasteiger partial charge in [-0.3, -0.25) is 0 Å². The van der Waals surface area contributed by atoms with E-state index >= 15 is 0 Å². The Kier molecular flexibility index (Phi) is 3.67. The van der Waals surface area contributed by atoms with Crippen LogP contribution in [0.4, 0.5) is 0 Å². The van der Waals surface area contributed by atoms with E-state index in [1.54, 1.807) is 0 Å². The van der Waals surface area contributed by atoms with Crippen LogP contribution in [0.25, 0.3) is 0 Å². The maximum absolute atomic E-state index is 3.55. The molecule has 0 aromatic heterocycles. The third-order valence-electron chi connectivity index (χ3n) is 3.49. The minimum Gasteiger partial charge on any atom is -0.302 e. The van der Waals surface area contributed by atoms with E-state index in [4.69, 9.17) is 0 Å². The van der Waals surface area contributed by atoms with Crippen molar-refractivity contribution in [2.75, 3.05) is 25.0 Å². The first-order valence-electron chi connectivity index (χ1n) is 5.67. The third kappa shape index (κ3) is 2.69. The zero-order valence-electron chi connectivity index (χ0n) is 8.34. The Bertz CT molecular complexity index is 148. The number of likely N-dealkylation sites (tertiary alicyclic amines) is 1. The zero-order valence-corrected chi connectivity index (χ0v) is 9.93. The molecule has 0 unspecified atom stereocenters. The summed E-state index contributed by atoms with van der Waals surface area (Å²) in [7, 11) is 0. The Balaban J connectivity index is 1.62. The van der Waals surface area contributed by atoms with Crippen molar-refractivity contribution in [1.82, 2.24) is 4.90 Å². The summed E-state index contributed by atoms with van der Waals surface area (Å²) >= 11 is 3.55. The molecule has 1 saturated heterocycles. The molecule has 0 atom stereocenters. The normalized spacial score (nSPS) is 27.5. The fourth-order valence-corrected chi connectivity index (χ4v) is 3.07. The molecule has 0 bridgehead atoms. The summed E-state index contributed by atoms with van der Waals surface area (Å²) in [6.07, 6.45) is 7.45. The van der Waals surface area contributed by atoms with Crippen LogP contribution in [0.1, 0.15) is 32.1 Å². The van der Waals surface area contributed by atoms with Gasteiger partial charge < -0.3 is 4.90 Å². The van der Waals surface area contributed by atoms with Gasteiger partial charge in [0.15, 0.2) is 0 Å². The van der Waals surface area contributed by atoms with Gasteiger partial charge in [-0.05, 0) is 24.7 Å². The molecule has 1 saturated carbocycles. The lowest BCUT2D eigenvalue weighted by Gasteiger charge is -2.41. The van der Waals surface area contributed by atoms with Crippen LogP contribution in [-0.4, -0.2) is 29.9 Å². The summed E-state index contributed by atoms with van der Waals surface area (Å²) in [4.78, 5) is 2.64. The monoisotopic (exact) mass is 245 g/mol. The summed E-state index contributed by atoms with van der Waals surface area (Å²) in [5.41, 5.74) is 0. The molecule has 76 valence electrons. The Labute approximate surface area is 90.0 Å². The molecule has 2 heteroatoms. The number of alkyl halides is 1. The average Bonchev–Trinajstić information content (AvgIpc) is 2.12. The van der Waals surface area contributed by atoms with E-state index in [-0.39, 0.29) is 0 Å². The molecule has 1 heterocycles. The van der Waals surface area contributed by atoms with Gasteiger partial charge in [0.05, 0.1) is 0 Å². The summed E-state index contributed by atoms with van der Waals surface area (Å²) in [5.74, 6) is 1.98. The van der Waals surface area contributed by atoms with Crippen molar-refractivity contribution in [2.24, 2.45) is 11.8 Å². The first-order valence-corrected chi connectivity index (χ1v) is 6.79. The van der Waals surface area contributed by atoms with Crippen LogP contribution in [0, 0.1) is 11.8 Å². The Morgan fingerprint density at radius 1 is 1.00 bits per heavy atom. The summed E-state index contributed by atoms with van der Waals surface area (Å²) in [5, 5.41) is 1.20. The maximum Gasteiger partial charge on any atom is 0.00841 e. The van der Waals surface area contributed by atoms with E-state index in [0.29, 0.717) is 0 Å². The molecule has 0 aromatic carbocycles. The number of nitrogens with zero attached hydrogens (tertiary/aromatic N) is 1. The van der Waals surface area contributed by atoms with Gasteiger partial charge in [0, 0.05) is 25.0 Å². The molecule has 0 aromatic rings. The maximum atomic E-state index is 3.55. The highest BCUT2D eigenvalue weighted by molar-refractivity contribution is 9.09. The van der Waals surface area contributed by atoms with Gasteiger partial charge in [-0.25, -0.2) is 0 Å². The molecule has 0 amide bonds. The van der Waals surface area contributed by atoms with Gasteiger partial charge in [0.2, 0.25) is 0 Å². The van der Waals surface area contributed by atoms with Crippen LogP contribution in [0.2, 0.25) is 0 Å². The highest BCUT2D eigenvalue weighted by Crippen LogP contribution is 2.27. The minimum absolute atomic E-state index is 0.948. The molecule has 0 spiro atoms. The highest BCUT2D eigenvalue weighted by atomic mass is 79.9. The quantitative estimate of drug-likeness (QED) is 0.692. The van der Waals surface area contributed by atoms with Crippen molar-refractivity contribution in [1.29, 1.82) is 0 Å². The number of halogens is 1. The molecule has 1 nitrogen and oxygen atoms in total. The van der Waals surface area contributed by atoms with Crippen LogP contribution in [0.5, 0.6) is 0 Å². The van der Waals surface area contributed by atoms with Crippen LogP contribution >= 0.6 is 15.9 Å². The molecule has 1 aliphatic heterocycles. The lowest BCUT2D eigenvalue weighted by atomic mass is 9.87. The van der Waals surface area contributed by atoms with Gasteiger partial charge in [-0.1, -0.05) is 35.2 Å². The Morgan fingerprint density at radius 3 is 2.31 bits per heavy atom. The van der Waals surface area contributed by atoms with E-state index in [0.717, 1.165) is 11.8 Å². The summed E-state index contributed by atoms with van der Waals surface area (Å²) < 4.78 is 0. The molecule has 2 fully saturated rings. The summed E-state index contributed by atoms with van der Waals surface area (Å²) in [6, 6.07) is 0. The molecular weight excluding hydrogens is 226 g/mol. The van der Waals surface area contributed by atoms with Crippen LogP contribution in [-0.2, 0) is 0 Å². The molecule has 2 rings (SSSR count). The predicted octanol–water partition coefficient (Wildman–Crippen LogP) is 2.89. The summed E-state index contributed by atoms with van der Waals surface area (Å²) in [6.45, 7) is 4.09. The second kappa shape index (κ2) is 4.79. The fourth-order valence-electron chi connectivity index (χ4n) is 2.66. The predicted molar refractivity (Wildman–Crippen MR) is 60.3 cm³/mol. The Hall–Kier alpha value is 0.440. The zero-order chi connectivity index (χ0) is 9.10. The van der Waals surface area contributed by atoms with Crippen LogP contribution in [0.15, 0.2) is 0 Å². The largest absolute Gasteiger partial charge is 0.302 e. The number of hydrogen-bond acceptors (Lipinski definition) is 1. The Morgan fingerprint density at radius 2 is 1.69 bits per heavy atom. The standard InChI is InChI=1S/C11H20BrN/c12-6-11-8-13(9-11)7-10-4-2-1-3-5-10/h10-11H,1-9H2. The van der Waals surface area contributed by atoms with Crippen molar-refractivity contribution < 1.29 is 0 Å². The van der Waals surface area contributed by atoms with Crippen LogP contribution < -0.4 is 0 Å². The first-order chi connectivity index (χ1) is 6.38.